The Labute approximate surface area is 145 Å². The summed E-state index contributed by atoms with van der Waals surface area (Å²) in [7, 11) is 3.13. The summed E-state index contributed by atoms with van der Waals surface area (Å²) in [6.07, 6.45) is 2.94. The van der Waals surface area contributed by atoms with Gasteiger partial charge in [0.2, 0.25) is 5.91 Å². The van der Waals surface area contributed by atoms with Crippen LogP contribution in [0.2, 0.25) is 0 Å². The molecule has 0 bridgehead atoms. The predicted molar refractivity (Wildman–Crippen MR) is 91.5 cm³/mol. The van der Waals surface area contributed by atoms with Crippen LogP contribution in [-0.4, -0.2) is 35.9 Å². The lowest BCUT2D eigenvalue weighted by molar-refractivity contribution is -0.118. The van der Waals surface area contributed by atoms with Crippen molar-refractivity contribution in [3.05, 3.63) is 36.2 Å². The van der Waals surface area contributed by atoms with E-state index in [1.54, 1.807) is 32.4 Å². The summed E-state index contributed by atoms with van der Waals surface area (Å²) in [5.74, 6) is 0.790. The molecule has 9 heteroatoms. The highest BCUT2D eigenvalue weighted by molar-refractivity contribution is 5.89. The van der Waals surface area contributed by atoms with Gasteiger partial charge in [0.1, 0.15) is 18.0 Å². The van der Waals surface area contributed by atoms with E-state index in [0.29, 0.717) is 17.2 Å². The molecule has 1 aromatic carbocycles. The van der Waals surface area contributed by atoms with Crippen LogP contribution in [-0.2, 0) is 11.3 Å². The van der Waals surface area contributed by atoms with Gasteiger partial charge in [0.25, 0.3) is 0 Å². The molecule has 2 rings (SSSR count). The highest BCUT2D eigenvalue weighted by Gasteiger charge is 2.15. The van der Waals surface area contributed by atoms with E-state index in [9.17, 15) is 9.59 Å². The smallest absolute Gasteiger partial charge is 0.319 e. The van der Waals surface area contributed by atoms with Gasteiger partial charge in [-0.1, -0.05) is 0 Å². The van der Waals surface area contributed by atoms with E-state index in [2.05, 4.69) is 15.7 Å². The van der Waals surface area contributed by atoms with Crippen LogP contribution in [0.4, 0.5) is 10.5 Å². The monoisotopic (exact) mass is 347 g/mol. The molecule has 1 aromatic heterocycles. The summed E-state index contributed by atoms with van der Waals surface area (Å²) >= 11 is 0. The molecule has 134 valence electrons. The molecule has 9 nitrogen and oxygen atoms in total. The Morgan fingerprint density at radius 3 is 2.72 bits per heavy atom. The molecule has 0 saturated heterocycles. The average Bonchev–Trinajstić information content (AvgIpc) is 2.99. The second-order valence-electron chi connectivity index (χ2n) is 5.32. The summed E-state index contributed by atoms with van der Waals surface area (Å²) in [5, 5.41) is 9.38. The number of carbonyl (C=O) groups is 2. The molecule has 3 amide bonds. The molecule has 0 fully saturated rings. The van der Waals surface area contributed by atoms with Gasteiger partial charge in [-0.15, -0.1) is 0 Å². The van der Waals surface area contributed by atoms with E-state index < -0.39 is 11.9 Å². The number of benzene rings is 1. The van der Waals surface area contributed by atoms with Crippen LogP contribution in [0.5, 0.6) is 11.5 Å². The molecule has 1 heterocycles. The van der Waals surface area contributed by atoms with Gasteiger partial charge in [-0.25, -0.2) is 4.79 Å². The van der Waals surface area contributed by atoms with E-state index in [1.807, 2.05) is 6.92 Å². The lowest BCUT2D eigenvalue weighted by atomic mass is 10.1. The van der Waals surface area contributed by atoms with E-state index in [1.165, 1.54) is 17.1 Å². The number of anilines is 1. The molecule has 2 aromatic rings. The minimum atomic E-state index is -0.516. The molecule has 1 atom stereocenters. The van der Waals surface area contributed by atoms with Crippen molar-refractivity contribution in [2.24, 2.45) is 5.73 Å². The summed E-state index contributed by atoms with van der Waals surface area (Å²) in [4.78, 5) is 23.0. The van der Waals surface area contributed by atoms with E-state index in [4.69, 9.17) is 15.2 Å². The summed E-state index contributed by atoms with van der Waals surface area (Å²) in [6, 6.07) is 4.61. The first-order valence-corrected chi connectivity index (χ1v) is 7.53. The van der Waals surface area contributed by atoms with Crippen molar-refractivity contribution in [1.82, 2.24) is 15.1 Å². The van der Waals surface area contributed by atoms with Gasteiger partial charge in [0, 0.05) is 11.8 Å². The fraction of sp³-hybridized carbons (Fsp3) is 0.312. The number of hydrogen-bond donors (Lipinski definition) is 3. The van der Waals surface area contributed by atoms with Gasteiger partial charge in [-0.05, 0) is 25.1 Å². The van der Waals surface area contributed by atoms with Crippen molar-refractivity contribution in [3.63, 3.8) is 0 Å². The van der Waals surface area contributed by atoms with Crippen molar-refractivity contribution >= 4 is 17.6 Å². The summed E-state index contributed by atoms with van der Waals surface area (Å²) in [6.45, 7) is 1.77. The molecule has 0 aliphatic heterocycles. The number of nitrogens with zero attached hydrogens (tertiary/aromatic N) is 2. The third-order valence-electron chi connectivity index (χ3n) is 3.46. The number of primary amides is 1. The Kier molecular flexibility index (Phi) is 5.83. The van der Waals surface area contributed by atoms with E-state index in [0.717, 1.165) is 5.56 Å². The molecular weight excluding hydrogens is 326 g/mol. The van der Waals surface area contributed by atoms with Crippen LogP contribution >= 0.6 is 0 Å². The highest BCUT2D eigenvalue weighted by atomic mass is 16.5. The normalized spacial score (nSPS) is 11.5. The zero-order valence-corrected chi connectivity index (χ0v) is 14.3. The zero-order chi connectivity index (χ0) is 18.4. The quantitative estimate of drug-likeness (QED) is 0.696. The Bertz CT molecular complexity index is 759. The standard InChI is InChI=1S/C16H21N5O4/c1-10(13-6-12(24-2)4-5-14(13)25-3)19-16(23)20-11-7-18-21(8-11)9-15(17)22/h4-8,10H,9H2,1-3H3,(H2,17,22)(H2,19,20,23)/t10-/m0/s1. The fourth-order valence-electron chi connectivity index (χ4n) is 2.29. The molecule has 0 saturated carbocycles. The molecule has 0 spiro atoms. The van der Waals surface area contributed by atoms with Crippen LogP contribution in [0.15, 0.2) is 30.6 Å². The minimum Gasteiger partial charge on any atom is -0.497 e. The van der Waals surface area contributed by atoms with Gasteiger partial charge >= 0.3 is 6.03 Å². The molecule has 25 heavy (non-hydrogen) atoms. The average molecular weight is 347 g/mol. The lowest BCUT2D eigenvalue weighted by Gasteiger charge is -2.18. The summed E-state index contributed by atoms with van der Waals surface area (Å²) < 4.78 is 11.9. The second-order valence-corrected chi connectivity index (χ2v) is 5.32. The molecule has 0 aliphatic rings. The third kappa shape index (κ3) is 4.87. The van der Waals surface area contributed by atoms with Crippen LogP contribution < -0.4 is 25.8 Å². The first-order valence-electron chi connectivity index (χ1n) is 7.53. The highest BCUT2D eigenvalue weighted by Crippen LogP contribution is 2.29. The molecule has 0 unspecified atom stereocenters. The second kappa shape index (κ2) is 8.04. The van der Waals surface area contributed by atoms with Crippen molar-refractivity contribution in [3.8, 4) is 11.5 Å². The maximum Gasteiger partial charge on any atom is 0.319 e. The van der Waals surface area contributed by atoms with Crippen LogP contribution in [0, 0.1) is 0 Å². The number of nitrogens with one attached hydrogen (secondary N) is 2. The van der Waals surface area contributed by atoms with Crippen molar-refractivity contribution in [1.29, 1.82) is 0 Å². The minimum absolute atomic E-state index is 0.0549. The number of rotatable bonds is 7. The Morgan fingerprint density at radius 2 is 2.08 bits per heavy atom. The number of urea groups is 1. The number of methoxy groups -OCH3 is 2. The van der Waals surface area contributed by atoms with Gasteiger partial charge in [-0.2, -0.15) is 5.10 Å². The molecule has 4 N–H and O–H groups in total. The van der Waals surface area contributed by atoms with E-state index >= 15 is 0 Å². The van der Waals surface area contributed by atoms with Gasteiger partial charge in [0.05, 0.1) is 32.1 Å². The molecule has 0 radical (unpaired) electrons. The number of aromatic nitrogens is 2. The number of nitrogens with two attached hydrogens (primary N) is 1. The largest absolute Gasteiger partial charge is 0.497 e. The number of ether oxygens (including phenoxy) is 2. The Hall–Kier alpha value is -3.23. The fourth-order valence-corrected chi connectivity index (χ4v) is 2.29. The van der Waals surface area contributed by atoms with Crippen LogP contribution in [0.1, 0.15) is 18.5 Å². The van der Waals surface area contributed by atoms with E-state index in [-0.39, 0.29) is 12.6 Å². The van der Waals surface area contributed by atoms with Crippen LogP contribution in [0.25, 0.3) is 0 Å². The number of carbonyl (C=O) groups excluding carboxylic acids is 2. The van der Waals surface area contributed by atoms with Gasteiger partial charge in [0.15, 0.2) is 0 Å². The Morgan fingerprint density at radius 1 is 1.32 bits per heavy atom. The topological polar surface area (TPSA) is 120 Å². The number of hydrogen-bond acceptors (Lipinski definition) is 5. The maximum atomic E-state index is 12.2. The van der Waals surface area contributed by atoms with Crippen molar-refractivity contribution in [2.75, 3.05) is 19.5 Å². The van der Waals surface area contributed by atoms with Crippen molar-refractivity contribution < 1.29 is 19.1 Å². The predicted octanol–water partition coefficient (Wildman–Crippen LogP) is 1.27. The van der Waals surface area contributed by atoms with Crippen molar-refractivity contribution in [2.45, 2.75) is 19.5 Å². The first-order chi connectivity index (χ1) is 11.9. The zero-order valence-electron chi connectivity index (χ0n) is 14.3. The maximum absolute atomic E-state index is 12.2. The lowest BCUT2D eigenvalue weighted by Crippen LogP contribution is -2.31. The van der Waals surface area contributed by atoms with Gasteiger partial charge < -0.3 is 25.8 Å². The molecule has 0 aliphatic carbocycles. The first kappa shape index (κ1) is 18.1. The number of amides is 3. The Balaban J connectivity index is 2.02. The third-order valence-corrected chi connectivity index (χ3v) is 3.46. The SMILES string of the molecule is COc1ccc(OC)c([C@H](C)NC(=O)Nc2cnn(CC(N)=O)c2)c1. The molecular formula is C16H21N5O4. The van der Waals surface area contributed by atoms with Gasteiger partial charge in [-0.3, -0.25) is 9.48 Å². The summed E-state index contributed by atoms with van der Waals surface area (Å²) in [5.41, 5.74) is 6.32. The van der Waals surface area contributed by atoms with Crippen LogP contribution in [0.3, 0.4) is 0 Å².